The summed E-state index contributed by atoms with van der Waals surface area (Å²) in [5.74, 6) is 1.66. The van der Waals surface area contributed by atoms with Gasteiger partial charge in [0.05, 0.1) is 5.60 Å². The van der Waals surface area contributed by atoms with E-state index in [-0.39, 0.29) is 5.60 Å². The van der Waals surface area contributed by atoms with Crippen LogP contribution >= 0.6 is 0 Å². The van der Waals surface area contributed by atoms with Gasteiger partial charge in [-0.2, -0.15) is 0 Å². The van der Waals surface area contributed by atoms with Gasteiger partial charge in [-0.3, -0.25) is 0 Å². The third kappa shape index (κ3) is 4.54. The molecule has 0 aromatic carbocycles. The molecule has 17 heavy (non-hydrogen) atoms. The highest BCUT2D eigenvalue weighted by atomic mass is 16.5. The molecule has 1 rings (SSSR count). The second-order valence-corrected chi connectivity index (χ2v) is 4.34. The molecule has 1 heterocycles. The Hall–Kier alpha value is -1.40. The first-order valence-electron chi connectivity index (χ1n) is 5.38. The van der Waals surface area contributed by atoms with Gasteiger partial charge >= 0.3 is 0 Å². The van der Waals surface area contributed by atoms with Crippen LogP contribution in [-0.2, 0) is 16.1 Å². The number of nitrogens with two attached hydrogens (primary N) is 1. The first-order valence-corrected chi connectivity index (χ1v) is 5.38. The van der Waals surface area contributed by atoms with Gasteiger partial charge in [0.25, 0.3) is 0 Å². The monoisotopic (exact) mass is 240 g/mol. The summed E-state index contributed by atoms with van der Waals surface area (Å²) in [6.45, 7) is 4.95. The van der Waals surface area contributed by atoms with E-state index in [9.17, 15) is 0 Å². The third-order valence-corrected chi connectivity index (χ3v) is 2.31. The Morgan fingerprint density at radius 3 is 2.65 bits per heavy atom. The van der Waals surface area contributed by atoms with Crippen molar-refractivity contribution in [1.82, 2.24) is 9.97 Å². The lowest BCUT2D eigenvalue weighted by Gasteiger charge is -2.23. The first kappa shape index (κ1) is 13.7. The smallest absolute Gasteiger partial charge is 0.158 e. The lowest BCUT2D eigenvalue weighted by Crippen LogP contribution is -2.32. The largest absolute Gasteiger partial charge is 0.384 e. The zero-order valence-electron chi connectivity index (χ0n) is 10.8. The van der Waals surface area contributed by atoms with E-state index in [0.717, 1.165) is 0 Å². The standard InChI is InChI=1S/C11H20N4O2/c1-11(2,17-4)7-13-9-5-8(12)14-10(15-9)6-16-3/h5H,6-7H2,1-4H3,(H3,12,13,14,15). The quantitative estimate of drug-likeness (QED) is 0.773. The molecule has 0 saturated heterocycles. The van der Waals surface area contributed by atoms with E-state index >= 15 is 0 Å². The molecule has 6 nitrogen and oxygen atoms in total. The second-order valence-electron chi connectivity index (χ2n) is 4.34. The minimum absolute atomic E-state index is 0.263. The predicted molar refractivity (Wildman–Crippen MR) is 66.7 cm³/mol. The summed E-state index contributed by atoms with van der Waals surface area (Å²) in [7, 11) is 3.26. The number of methoxy groups -OCH3 is 2. The Labute approximate surface area is 102 Å². The van der Waals surface area contributed by atoms with Crippen LogP contribution in [0.4, 0.5) is 11.6 Å². The van der Waals surface area contributed by atoms with E-state index < -0.39 is 0 Å². The van der Waals surface area contributed by atoms with Gasteiger partial charge in [-0.1, -0.05) is 0 Å². The molecule has 1 aromatic heterocycles. The highest BCUT2D eigenvalue weighted by Crippen LogP contribution is 2.12. The van der Waals surface area contributed by atoms with Gasteiger partial charge in [0, 0.05) is 26.8 Å². The highest BCUT2D eigenvalue weighted by molar-refractivity contribution is 5.44. The van der Waals surface area contributed by atoms with Crippen LogP contribution in [-0.4, -0.2) is 36.3 Å². The Kier molecular flexibility index (Phi) is 4.65. The Balaban J connectivity index is 2.70. The Morgan fingerprint density at radius 1 is 1.35 bits per heavy atom. The minimum atomic E-state index is -0.263. The van der Waals surface area contributed by atoms with E-state index in [0.29, 0.717) is 30.6 Å². The van der Waals surface area contributed by atoms with Crippen LogP contribution in [0.1, 0.15) is 19.7 Å². The highest BCUT2D eigenvalue weighted by Gasteiger charge is 2.16. The van der Waals surface area contributed by atoms with Gasteiger partial charge in [0.2, 0.25) is 0 Å². The number of nitrogens with zero attached hydrogens (tertiary/aromatic N) is 2. The summed E-state index contributed by atoms with van der Waals surface area (Å²) < 4.78 is 10.3. The van der Waals surface area contributed by atoms with Crippen LogP contribution in [0.2, 0.25) is 0 Å². The maximum atomic E-state index is 5.68. The molecular weight excluding hydrogens is 220 g/mol. The second kappa shape index (κ2) is 5.79. The van der Waals surface area contributed by atoms with Gasteiger partial charge in [-0.15, -0.1) is 0 Å². The molecule has 0 aliphatic heterocycles. The molecule has 0 saturated carbocycles. The molecule has 0 atom stereocenters. The zero-order chi connectivity index (χ0) is 12.9. The van der Waals surface area contributed by atoms with Crippen molar-refractivity contribution in [2.75, 3.05) is 31.8 Å². The molecule has 0 unspecified atom stereocenters. The molecule has 0 radical (unpaired) electrons. The summed E-state index contributed by atoms with van der Waals surface area (Å²) in [5, 5.41) is 3.16. The number of nitrogen functional groups attached to an aromatic ring is 1. The summed E-state index contributed by atoms with van der Waals surface area (Å²) in [6.07, 6.45) is 0. The van der Waals surface area contributed by atoms with Gasteiger partial charge < -0.3 is 20.5 Å². The topological polar surface area (TPSA) is 82.3 Å². The third-order valence-electron chi connectivity index (χ3n) is 2.31. The molecule has 0 amide bonds. The van der Waals surface area contributed by atoms with E-state index in [1.54, 1.807) is 20.3 Å². The molecule has 0 aliphatic carbocycles. The minimum Gasteiger partial charge on any atom is -0.384 e. The molecule has 0 spiro atoms. The van der Waals surface area contributed by atoms with Gasteiger partial charge in [0.1, 0.15) is 18.2 Å². The van der Waals surface area contributed by atoms with Gasteiger partial charge in [-0.05, 0) is 13.8 Å². The lowest BCUT2D eigenvalue weighted by atomic mass is 10.1. The van der Waals surface area contributed by atoms with Crippen molar-refractivity contribution in [3.05, 3.63) is 11.9 Å². The first-order chi connectivity index (χ1) is 7.96. The summed E-state index contributed by atoms with van der Waals surface area (Å²) in [6, 6.07) is 1.69. The van der Waals surface area contributed by atoms with Crippen LogP contribution in [0.25, 0.3) is 0 Å². The van der Waals surface area contributed by atoms with Crippen molar-refractivity contribution in [3.8, 4) is 0 Å². The molecule has 0 aliphatic rings. The normalized spacial score (nSPS) is 11.5. The number of nitrogens with one attached hydrogen (secondary N) is 1. The lowest BCUT2D eigenvalue weighted by molar-refractivity contribution is 0.0343. The predicted octanol–water partition coefficient (Wildman–Crippen LogP) is 1.04. The average Bonchev–Trinajstić information content (AvgIpc) is 2.26. The fourth-order valence-electron chi connectivity index (χ4n) is 1.18. The number of anilines is 2. The van der Waals surface area contributed by atoms with Crippen LogP contribution in [0, 0.1) is 0 Å². The number of rotatable bonds is 6. The van der Waals surface area contributed by atoms with Crippen LogP contribution < -0.4 is 11.1 Å². The van der Waals surface area contributed by atoms with Crippen molar-refractivity contribution >= 4 is 11.6 Å². The Morgan fingerprint density at radius 2 is 2.06 bits per heavy atom. The van der Waals surface area contributed by atoms with Gasteiger partial charge in [0.15, 0.2) is 5.82 Å². The maximum Gasteiger partial charge on any atom is 0.158 e. The summed E-state index contributed by atoms with van der Waals surface area (Å²) in [4.78, 5) is 8.34. The van der Waals surface area contributed by atoms with E-state index in [1.165, 1.54) is 0 Å². The van der Waals surface area contributed by atoms with Crippen molar-refractivity contribution in [2.24, 2.45) is 0 Å². The number of hydrogen-bond donors (Lipinski definition) is 2. The number of hydrogen-bond acceptors (Lipinski definition) is 6. The fourth-order valence-corrected chi connectivity index (χ4v) is 1.18. The zero-order valence-corrected chi connectivity index (χ0v) is 10.8. The van der Waals surface area contributed by atoms with Crippen molar-refractivity contribution in [1.29, 1.82) is 0 Å². The number of aromatic nitrogens is 2. The molecule has 0 fully saturated rings. The summed E-state index contributed by atoms with van der Waals surface area (Å²) in [5.41, 5.74) is 5.42. The number of ether oxygens (including phenoxy) is 2. The van der Waals surface area contributed by atoms with Crippen molar-refractivity contribution in [3.63, 3.8) is 0 Å². The molecule has 3 N–H and O–H groups in total. The Bertz CT molecular complexity index is 368. The van der Waals surface area contributed by atoms with Crippen molar-refractivity contribution in [2.45, 2.75) is 26.1 Å². The average molecular weight is 240 g/mol. The molecule has 0 bridgehead atoms. The fraction of sp³-hybridized carbons (Fsp3) is 0.636. The summed E-state index contributed by atoms with van der Waals surface area (Å²) >= 11 is 0. The van der Waals surface area contributed by atoms with Crippen LogP contribution in [0.15, 0.2) is 6.07 Å². The van der Waals surface area contributed by atoms with Gasteiger partial charge in [-0.25, -0.2) is 9.97 Å². The van der Waals surface area contributed by atoms with Crippen molar-refractivity contribution < 1.29 is 9.47 Å². The van der Waals surface area contributed by atoms with E-state index in [4.69, 9.17) is 15.2 Å². The maximum absolute atomic E-state index is 5.68. The molecular formula is C11H20N4O2. The molecule has 1 aromatic rings. The van der Waals surface area contributed by atoms with Crippen LogP contribution in [0.5, 0.6) is 0 Å². The van der Waals surface area contributed by atoms with E-state index in [2.05, 4.69) is 15.3 Å². The molecule has 96 valence electrons. The molecule has 6 heteroatoms. The SMILES string of the molecule is COCc1nc(N)cc(NCC(C)(C)OC)n1. The van der Waals surface area contributed by atoms with Crippen LogP contribution in [0.3, 0.4) is 0 Å². The van der Waals surface area contributed by atoms with E-state index in [1.807, 2.05) is 13.8 Å².